The van der Waals surface area contributed by atoms with Gasteiger partial charge >= 0.3 is 6.03 Å². The molecule has 0 saturated carbocycles. The molecule has 1 saturated heterocycles. The summed E-state index contributed by atoms with van der Waals surface area (Å²) in [6.45, 7) is 4.01. The van der Waals surface area contributed by atoms with E-state index in [-0.39, 0.29) is 17.9 Å². The molecule has 5 nitrogen and oxygen atoms in total. The van der Waals surface area contributed by atoms with E-state index in [1.165, 1.54) is 6.20 Å². The standard InChI is InChI=1S/C18H20ClFN4O/c1-13-12-23(17-6-7-21-11-16(17)20)8-9-24(13)18(25)22-10-14-4-2-3-5-15(14)19/h2-7,11,13H,8-10,12H2,1H3,(H,22,25). The lowest BCUT2D eigenvalue weighted by molar-refractivity contribution is 0.171. The van der Waals surface area contributed by atoms with Gasteiger partial charge in [0, 0.05) is 43.4 Å². The van der Waals surface area contributed by atoms with Crippen molar-refractivity contribution < 1.29 is 9.18 Å². The van der Waals surface area contributed by atoms with Gasteiger partial charge in [-0.25, -0.2) is 9.18 Å². The van der Waals surface area contributed by atoms with Crippen molar-refractivity contribution in [2.45, 2.75) is 19.5 Å². The molecule has 2 heterocycles. The molecule has 1 unspecified atom stereocenters. The molecule has 1 atom stereocenters. The molecule has 2 aromatic rings. The van der Waals surface area contributed by atoms with Crippen molar-refractivity contribution in [3.63, 3.8) is 0 Å². The van der Waals surface area contributed by atoms with E-state index in [9.17, 15) is 9.18 Å². The highest BCUT2D eigenvalue weighted by molar-refractivity contribution is 6.31. The summed E-state index contributed by atoms with van der Waals surface area (Å²) in [5.41, 5.74) is 1.40. The summed E-state index contributed by atoms with van der Waals surface area (Å²) in [4.78, 5) is 20.0. The number of nitrogens with one attached hydrogen (secondary N) is 1. The quantitative estimate of drug-likeness (QED) is 0.911. The molecular formula is C18H20ClFN4O. The zero-order chi connectivity index (χ0) is 17.8. The maximum absolute atomic E-state index is 13.9. The van der Waals surface area contributed by atoms with E-state index in [2.05, 4.69) is 10.3 Å². The van der Waals surface area contributed by atoms with Crippen LogP contribution in [0, 0.1) is 5.82 Å². The summed E-state index contributed by atoms with van der Waals surface area (Å²) in [5, 5.41) is 3.54. The first kappa shape index (κ1) is 17.5. The molecule has 132 valence electrons. The Hall–Kier alpha value is -2.34. The van der Waals surface area contributed by atoms with Gasteiger partial charge in [0.15, 0.2) is 5.82 Å². The lowest BCUT2D eigenvalue weighted by Gasteiger charge is -2.40. The van der Waals surface area contributed by atoms with Gasteiger partial charge in [0.05, 0.1) is 11.9 Å². The zero-order valence-electron chi connectivity index (χ0n) is 14.0. The fourth-order valence-electron chi connectivity index (χ4n) is 3.02. The number of piperazine rings is 1. The van der Waals surface area contributed by atoms with Crippen LogP contribution < -0.4 is 10.2 Å². The van der Waals surface area contributed by atoms with E-state index >= 15 is 0 Å². The number of pyridine rings is 1. The molecule has 1 N–H and O–H groups in total. The zero-order valence-corrected chi connectivity index (χ0v) is 14.7. The number of carbonyl (C=O) groups excluding carboxylic acids is 1. The molecule has 2 amide bonds. The lowest BCUT2D eigenvalue weighted by Crippen LogP contribution is -2.56. The normalized spacial score (nSPS) is 17.5. The van der Waals surface area contributed by atoms with Crippen molar-refractivity contribution in [1.82, 2.24) is 15.2 Å². The summed E-state index contributed by atoms with van der Waals surface area (Å²) < 4.78 is 13.9. The molecule has 0 aliphatic carbocycles. The van der Waals surface area contributed by atoms with Gasteiger partial charge in [-0.1, -0.05) is 29.8 Å². The number of benzene rings is 1. The maximum Gasteiger partial charge on any atom is 0.318 e. The van der Waals surface area contributed by atoms with Crippen LogP contribution >= 0.6 is 11.6 Å². The van der Waals surface area contributed by atoms with Gasteiger partial charge in [0.1, 0.15) is 0 Å². The molecule has 3 rings (SSSR count). The number of aromatic nitrogens is 1. The van der Waals surface area contributed by atoms with Gasteiger partial charge in [-0.05, 0) is 24.6 Å². The Bertz CT molecular complexity index is 757. The van der Waals surface area contributed by atoms with Crippen molar-refractivity contribution in [2.24, 2.45) is 0 Å². The van der Waals surface area contributed by atoms with Crippen LogP contribution in [0.1, 0.15) is 12.5 Å². The maximum atomic E-state index is 13.9. The first-order valence-corrected chi connectivity index (χ1v) is 8.56. The van der Waals surface area contributed by atoms with Crippen LogP contribution in [0.15, 0.2) is 42.7 Å². The Morgan fingerprint density at radius 3 is 2.88 bits per heavy atom. The van der Waals surface area contributed by atoms with Crippen molar-refractivity contribution >= 4 is 23.3 Å². The van der Waals surface area contributed by atoms with Gasteiger partial charge in [-0.2, -0.15) is 0 Å². The smallest absolute Gasteiger partial charge is 0.318 e. The second-order valence-electron chi connectivity index (χ2n) is 6.07. The average molecular weight is 363 g/mol. The molecule has 0 bridgehead atoms. The minimum Gasteiger partial charge on any atom is -0.365 e. The molecular weight excluding hydrogens is 343 g/mol. The Kier molecular flexibility index (Phi) is 5.38. The number of urea groups is 1. The Labute approximate surface area is 151 Å². The first-order valence-electron chi connectivity index (χ1n) is 8.18. The molecule has 7 heteroatoms. The molecule has 0 spiro atoms. The largest absolute Gasteiger partial charge is 0.365 e. The number of hydrogen-bond donors (Lipinski definition) is 1. The van der Waals surface area contributed by atoms with E-state index < -0.39 is 0 Å². The summed E-state index contributed by atoms with van der Waals surface area (Å²) in [6, 6.07) is 8.92. The van der Waals surface area contributed by atoms with Gasteiger partial charge in [-0.15, -0.1) is 0 Å². The van der Waals surface area contributed by atoms with E-state index in [4.69, 9.17) is 11.6 Å². The summed E-state index contributed by atoms with van der Waals surface area (Å²) >= 11 is 6.11. The van der Waals surface area contributed by atoms with Crippen molar-refractivity contribution in [3.8, 4) is 0 Å². The van der Waals surface area contributed by atoms with E-state index in [1.54, 1.807) is 23.2 Å². The van der Waals surface area contributed by atoms with Crippen LogP contribution in [0.5, 0.6) is 0 Å². The van der Waals surface area contributed by atoms with Crippen LogP contribution in [-0.2, 0) is 6.54 Å². The third-order valence-electron chi connectivity index (χ3n) is 4.37. The Balaban J connectivity index is 1.59. The number of nitrogens with zero attached hydrogens (tertiary/aromatic N) is 3. The van der Waals surface area contributed by atoms with Crippen LogP contribution in [0.4, 0.5) is 14.9 Å². The number of rotatable bonds is 3. The molecule has 1 aromatic carbocycles. The van der Waals surface area contributed by atoms with Crippen molar-refractivity contribution in [1.29, 1.82) is 0 Å². The minimum absolute atomic E-state index is 0.0347. The van der Waals surface area contributed by atoms with Crippen LogP contribution in [-0.4, -0.2) is 41.6 Å². The summed E-state index contributed by atoms with van der Waals surface area (Å²) in [6.07, 6.45) is 2.79. The summed E-state index contributed by atoms with van der Waals surface area (Å²) in [7, 11) is 0. The highest BCUT2D eigenvalue weighted by atomic mass is 35.5. The minimum atomic E-state index is -0.341. The van der Waals surface area contributed by atoms with E-state index in [0.717, 1.165) is 5.56 Å². The van der Waals surface area contributed by atoms with Gasteiger partial charge in [0.2, 0.25) is 0 Å². The first-order chi connectivity index (χ1) is 12.1. The van der Waals surface area contributed by atoms with Crippen LogP contribution in [0.25, 0.3) is 0 Å². The number of hydrogen-bond acceptors (Lipinski definition) is 3. The lowest BCUT2D eigenvalue weighted by atomic mass is 10.1. The molecule has 1 aromatic heterocycles. The number of carbonyl (C=O) groups is 1. The molecule has 25 heavy (non-hydrogen) atoms. The van der Waals surface area contributed by atoms with Crippen LogP contribution in [0.2, 0.25) is 5.02 Å². The Morgan fingerprint density at radius 1 is 1.36 bits per heavy atom. The molecule has 0 radical (unpaired) electrons. The van der Waals surface area contributed by atoms with Crippen LogP contribution in [0.3, 0.4) is 0 Å². The predicted octanol–water partition coefficient (Wildman–Crippen LogP) is 3.29. The highest BCUT2D eigenvalue weighted by Gasteiger charge is 2.28. The van der Waals surface area contributed by atoms with Gasteiger partial charge in [-0.3, -0.25) is 4.98 Å². The Morgan fingerprint density at radius 2 is 2.16 bits per heavy atom. The molecule has 1 aliphatic heterocycles. The SMILES string of the molecule is CC1CN(c2ccncc2F)CCN1C(=O)NCc1ccccc1Cl. The van der Waals surface area contributed by atoms with Gasteiger partial charge < -0.3 is 15.1 Å². The van der Waals surface area contributed by atoms with Crippen molar-refractivity contribution in [2.75, 3.05) is 24.5 Å². The second kappa shape index (κ2) is 7.70. The predicted molar refractivity (Wildman–Crippen MR) is 96.3 cm³/mol. The number of amides is 2. The highest BCUT2D eigenvalue weighted by Crippen LogP contribution is 2.22. The second-order valence-corrected chi connectivity index (χ2v) is 6.47. The monoisotopic (exact) mass is 362 g/mol. The topological polar surface area (TPSA) is 48.5 Å². The number of halogens is 2. The fraction of sp³-hybridized carbons (Fsp3) is 0.333. The molecule has 1 fully saturated rings. The number of anilines is 1. The van der Waals surface area contributed by atoms with E-state index in [1.807, 2.05) is 30.0 Å². The van der Waals surface area contributed by atoms with Crippen molar-refractivity contribution in [3.05, 3.63) is 59.1 Å². The van der Waals surface area contributed by atoms with E-state index in [0.29, 0.717) is 36.9 Å². The van der Waals surface area contributed by atoms with Gasteiger partial charge in [0.25, 0.3) is 0 Å². The summed E-state index contributed by atoms with van der Waals surface area (Å²) in [5.74, 6) is -0.341. The fourth-order valence-corrected chi connectivity index (χ4v) is 3.22. The molecule has 1 aliphatic rings. The third kappa shape index (κ3) is 4.02. The average Bonchev–Trinajstić information content (AvgIpc) is 2.61. The third-order valence-corrected chi connectivity index (χ3v) is 4.74.